The average molecular weight is 246 g/mol. The Kier molecular flexibility index (Phi) is 4.43. The minimum absolute atomic E-state index is 0.0614. The van der Waals surface area contributed by atoms with E-state index in [4.69, 9.17) is 14.7 Å². The van der Waals surface area contributed by atoms with Gasteiger partial charge in [-0.25, -0.2) is 0 Å². The number of nitrogens with zero attached hydrogens (tertiary/aromatic N) is 2. The first kappa shape index (κ1) is 12.7. The summed E-state index contributed by atoms with van der Waals surface area (Å²) >= 11 is 0. The second kappa shape index (κ2) is 6.27. The number of rotatable bonds is 5. The molecule has 0 aliphatic carbocycles. The van der Waals surface area contributed by atoms with Crippen LogP contribution in [0.3, 0.4) is 0 Å². The first-order valence-corrected chi connectivity index (χ1v) is 6.24. The Morgan fingerprint density at radius 3 is 2.89 bits per heavy atom. The molecule has 1 unspecified atom stereocenters. The van der Waals surface area contributed by atoms with Crippen molar-refractivity contribution in [2.24, 2.45) is 0 Å². The summed E-state index contributed by atoms with van der Waals surface area (Å²) in [5.74, 6) is 1.50. The van der Waals surface area contributed by atoms with Crippen LogP contribution < -0.4 is 9.47 Å². The molecule has 0 saturated carbocycles. The molecule has 1 saturated heterocycles. The van der Waals surface area contributed by atoms with E-state index in [9.17, 15) is 0 Å². The molecule has 1 aromatic rings. The van der Waals surface area contributed by atoms with Gasteiger partial charge in [-0.05, 0) is 31.5 Å². The topological polar surface area (TPSA) is 45.5 Å². The summed E-state index contributed by atoms with van der Waals surface area (Å²) in [4.78, 5) is 2.18. The lowest BCUT2D eigenvalue weighted by atomic mass is 10.2. The molecule has 1 aliphatic heterocycles. The minimum atomic E-state index is 0.0614. The fourth-order valence-corrected chi connectivity index (χ4v) is 2.25. The highest BCUT2D eigenvalue weighted by Gasteiger charge is 2.23. The summed E-state index contributed by atoms with van der Waals surface area (Å²) in [6, 6.07) is 10.0. The predicted octanol–water partition coefficient (Wildman–Crippen LogP) is 2.06. The van der Waals surface area contributed by atoms with E-state index in [0.717, 1.165) is 37.4 Å². The minimum Gasteiger partial charge on any atom is -0.493 e. The Bertz CT molecular complexity index is 428. The van der Waals surface area contributed by atoms with Gasteiger partial charge in [-0.2, -0.15) is 5.26 Å². The van der Waals surface area contributed by atoms with Crippen LogP contribution in [0.2, 0.25) is 0 Å². The van der Waals surface area contributed by atoms with Crippen molar-refractivity contribution in [1.29, 1.82) is 5.26 Å². The van der Waals surface area contributed by atoms with Crippen molar-refractivity contribution in [3.05, 3.63) is 24.3 Å². The van der Waals surface area contributed by atoms with Gasteiger partial charge in [-0.1, -0.05) is 12.1 Å². The fourth-order valence-electron chi connectivity index (χ4n) is 2.25. The SMILES string of the molecule is COc1ccccc1OCCN1CCCC1C#N. The van der Waals surface area contributed by atoms with Gasteiger partial charge in [0.1, 0.15) is 6.61 Å². The monoisotopic (exact) mass is 246 g/mol. The van der Waals surface area contributed by atoms with Gasteiger partial charge in [-0.15, -0.1) is 0 Å². The normalized spacial score (nSPS) is 19.4. The Morgan fingerprint density at radius 2 is 2.17 bits per heavy atom. The molecule has 1 aromatic carbocycles. The summed E-state index contributed by atoms with van der Waals surface area (Å²) in [6.45, 7) is 2.36. The molecule has 0 N–H and O–H groups in total. The Balaban J connectivity index is 1.83. The van der Waals surface area contributed by atoms with E-state index in [0.29, 0.717) is 6.61 Å². The number of hydrogen-bond acceptors (Lipinski definition) is 4. The van der Waals surface area contributed by atoms with E-state index >= 15 is 0 Å². The fraction of sp³-hybridized carbons (Fsp3) is 0.500. The molecule has 4 heteroatoms. The summed E-state index contributed by atoms with van der Waals surface area (Å²) < 4.78 is 10.9. The van der Waals surface area contributed by atoms with Gasteiger partial charge in [0, 0.05) is 6.54 Å². The number of nitriles is 1. The number of para-hydroxylation sites is 2. The molecule has 4 nitrogen and oxygen atoms in total. The second-order valence-electron chi connectivity index (χ2n) is 4.32. The average Bonchev–Trinajstić information content (AvgIpc) is 2.87. The molecule has 1 heterocycles. The van der Waals surface area contributed by atoms with Gasteiger partial charge in [0.2, 0.25) is 0 Å². The van der Waals surface area contributed by atoms with Crippen LogP contribution in [-0.4, -0.2) is 37.7 Å². The van der Waals surface area contributed by atoms with Crippen LogP contribution in [0.25, 0.3) is 0 Å². The maximum Gasteiger partial charge on any atom is 0.161 e. The molecule has 0 aromatic heterocycles. The van der Waals surface area contributed by atoms with E-state index in [-0.39, 0.29) is 6.04 Å². The number of benzene rings is 1. The molecule has 0 amide bonds. The maximum absolute atomic E-state index is 8.98. The maximum atomic E-state index is 8.98. The van der Waals surface area contributed by atoms with Crippen LogP contribution in [0.1, 0.15) is 12.8 Å². The zero-order valence-corrected chi connectivity index (χ0v) is 10.6. The third-order valence-corrected chi connectivity index (χ3v) is 3.22. The highest BCUT2D eigenvalue weighted by atomic mass is 16.5. The molecule has 1 fully saturated rings. The molecular formula is C14H18N2O2. The van der Waals surface area contributed by atoms with E-state index in [1.54, 1.807) is 7.11 Å². The Morgan fingerprint density at radius 1 is 1.39 bits per heavy atom. The highest BCUT2D eigenvalue weighted by molar-refractivity contribution is 5.39. The summed E-state index contributed by atoms with van der Waals surface area (Å²) in [5, 5.41) is 8.98. The van der Waals surface area contributed by atoms with Gasteiger partial charge in [0.05, 0.1) is 19.2 Å². The van der Waals surface area contributed by atoms with Crippen molar-refractivity contribution in [1.82, 2.24) is 4.90 Å². The quantitative estimate of drug-likeness (QED) is 0.797. The van der Waals surface area contributed by atoms with Crippen molar-refractivity contribution >= 4 is 0 Å². The van der Waals surface area contributed by atoms with Crippen molar-refractivity contribution in [2.45, 2.75) is 18.9 Å². The number of hydrogen-bond donors (Lipinski definition) is 0. The standard InChI is InChI=1S/C14H18N2O2/c1-17-13-6-2-3-7-14(13)18-10-9-16-8-4-5-12(16)11-15/h2-3,6-7,12H,4-5,8-10H2,1H3. The molecule has 1 atom stereocenters. The molecule has 2 rings (SSSR count). The van der Waals surface area contributed by atoms with Crippen LogP contribution in [0.5, 0.6) is 11.5 Å². The lowest BCUT2D eigenvalue weighted by Gasteiger charge is -2.19. The summed E-state index contributed by atoms with van der Waals surface area (Å²) in [7, 11) is 1.63. The van der Waals surface area contributed by atoms with Crippen LogP contribution in [0.4, 0.5) is 0 Å². The number of likely N-dealkylation sites (tertiary alicyclic amines) is 1. The van der Waals surface area contributed by atoms with Gasteiger partial charge in [-0.3, -0.25) is 4.90 Å². The molecule has 18 heavy (non-hydrogen) atoms. The highest BCUT2D eigenvalue weighted by Crippen LogP contribution is 2.25. The lowest BCUT2D eigenvalue weighted by molar-refractivity contribution is 0.212. The largest absolute Gasteiger partial charge is 0.493 e. The predicted molar refractivity (Wildman–Crippen MR) is 68.7 cm³/mol. The van der Waals surface area contributed by atoms with Crippen molar-refractivity contribution < 1.29 is 9.47 Å². The third kappa shape index (κ3) is 2.93. The number of ether oxygens (including phenoxy) is 2. The molecule has 1 aliphatic rings. The van der Waals surface area contributed by atoms with E-state index in [2.05, 4.69) is 11.0 Å². The van der Waals surface area contributed by atoms with Gasteiger partial charge in [0.25, 0.3) is 0 Å². The lowest BCUT2D eigenvalue weighted by Crippen LogP contribution is -2.32. The van der Waals surface area contributed by atoms with E-state index in [1.807, 2.05) is 24.3 Å². The summed E-state index contributed by atoms with van der Waals surface area (Å²) in [5.41, 5.74) is 0. The Hall–Kier alpha value is -1.73. The van der Waals surface area contributed by atoms with E-state index < -0.39 is 0 Å². The third-order valence-electron chi connectivity index (χ3n) is 3.22. The second-order valence-corrected chi connectivity index (χ2v) is 4.32. The van der Waals surface area contributed by atoms with Gasteiger partial charge < -0.3 is 9.47 Å². The van der Waals surface area contributed by atoms with Crippen LogP contribution in [-0.2, 0) is 0 Å². The van der Waals surface area contributed by atoms with Gasteiger partial charge >= 0.3 is 0 Å². The van der Waals surface area contributed by atoms with Gasteiger partial charge in [0.15, 0.2) is 11.5 Å². The molecule has 0 bridgehead atoms. The smallest absolute Gasteiger partial charge is 0.161 e. The first-order chi connectivity index (χ1) is 8.85. The van der Waals surface area contributed by atoms with E-state index in [1.165, 1.54) is 0 Å². The van der Waals surface area contributed by atoms with Crippen LogP contribution in [0, 0.1) is 11.3 Å². The van der Waals surface area contributed by atoms with Crippen molar-refractivity contribution in [2.75, 3.05) is 26.8 Å². The van der Waals surface area contributed by atoms with Crippen LogP contribution in [0.15, 0.2) is 24.3 Å². The summed E-state index contributed by atoms with van der Waals surface area (Å²) in [6.07, 6.45) is 2.08. The molecule has 0 radical (unpaired) electrons. The van der Waals surface area contributed by atoms with Crippen molar-refractivity contribution in [3.8, 4) is 17.6 Å². The molecule has 0 spiro atoms. The van der Waals surface area contributed by atoms with Crippen molar-refractivity contribution in [3.63, 3.8) is 0 Å². The molecular weight excluding hydrogens is 228 g/mol. The Labute approximate surface area is 108 Å². The zero-order chi connectivity index (χ0) is 12.8. The number of methoxy groups -OCH3 is 1. The van der Waals surface area contributed by atoms with Crippen LogP contribution >= 0.6 is 0 Å². The first-order valence-electron chi connectivity index (χ1n) is 6.24. The molecule has 96 valence electrons. The zero-order valence-electron chi connectivity index (χ0n) is 10.6.